The van der Waals surface area contributed by atoms with Crippen molar-refractivity contribution in [1.29, 1.82) is 0 Å². The van der Waals surface area contributed by atoms with Gasteiger partial charge in [0, 0.05) is 51.6 Å². The van der Waals surface area contributed by atoms with E-state index in [1.807, 2.05) is 52.5 Å². The summed E-state index contributed by atoms with van der Waals surface area (Å²) < 4.78 is 54.4. The van der Waals surface area contributed by atoms with Crippen LogP contribution >= 0.6 is 0 Å². The highest BCUT2D eigenvalue weighted by molar-refractivity contribution is 5.91. The number of likely N-dealkylation sites (N-methyl/N-ethyl adjacent to an activating group) is 1. The molecule has 0 spiro atoms. The van der Waals surface area contributed by atoms with Crippen molar-refractivity contribution < 1.29 is 72.6 Å². The van der Waals surface area contributed by atoms with Crippen molar-refractivity contribution in [1.82, 2.24) is 4.90 Å². The first kappa shape index (κ1) is 52.4. The second-order valence-corrected chi connectivity index (χ2v) is 16.6. The molecule has 60 heavy (non-hydrogen) atoms. The predicted octanol–water partition coefficient (Wildman–Crippen LogP) is 3.15. The molecule has 16 nitrogen and oxygen atoms in total. The van der Waals surface area contributed by atoms with E-state index >= 15 is 0 Å². The van der Waals surface area contributed by atoms with Crippen LogP contribution in [0.2, 0.25) is 0 Å². The fraction of sp³-hybridized carbons (Fsp3) is 0.864. The van der Waals surface area contributed by atoms with Crippen LogP contribution in [0.15, 0.2) is 23.8 Å². The van der Waals surface area contributed by atoms with Crippen molar-refractivity contribution in [2.75, 3.05) is 47.6 Å². The molecule has 16 heteroatoms. The van der Waals surface area contributed by atoms with Gasteiger partial charge in [0.15, 0.2) is 24.7 Å². The zero-order valence-electron chi connectivity index (χ0n) is 38.0. The van der Waals surface area contributed by atoms with Gasteiger partial charge in [0.05, 0.1) is 49.6 Å². The van der Waals surface area contributed by atoms with Gasteiger partial charge in [-0.3, -0.25) is 14.5 Å². The molecule has 0 aromatic heterocycles. The molecule has 4 N–H and O–H groups in total. The molecule has 3 aliphatic heterocycles. The Morgan fingerprint density at radius 1 is 0.833 bits per heavy atom. The summed E-state index contributed by atoms with van der Waals surface area (Å²) in [5.74, 6) is -3.11. The summed E-state index contributed by atoms with van der Waals surface area (Å²) in [4.78, 5) is 29.6. The molecular formula is C44H77NO15. The van der Waals surface area contributed by atoms with Crippen LogP contribution in [0, 0.1) is 23.7 Å². The number of aliphatic hydroxyl groups is 4. The predicted molar refractivity (Wildman–Crippen MR) is 221 cm³/mol. The molecule has 2 fully saturated rings. The molecule has 3 rings (SSSR count). The van der Waals surface area contributed by atoms with Crippen LogP contribution in [0.5, 0.6) is 0 Å². The average molecular weight is 860 g/mol. The lowest BCUT2D eigenvalue weighted by molar-refractivity contribution is -0.307. The van der Waals surface area contributed by atoms with Gasteiger partial charge < -0.3 is 63.1 Å². The SMILES string of the molecule is CCOC(C[C@H]1C[C@@H](C)C(=O)/C=C/C(C)=C/[C@H](COC2OC(C)C(O)C(OC)C2OC)[C@@H](CC)OC(=O)C[C@@H](O)[C@H](C)[C@H]1OC1OC(C)C(O)C(N(C)CC)C1O)OCC. The molecule has 0 aromatic rings. The molecule has 10 unspecified atom stereocenters. The number of esters is 1. The Kier molecular flexibility index (Phi) is 22.2. The van der Waals surface area contributed by atoms with E-state index in [0.29, 0.717) is 26.2 Å². The zero-order valence-corrected chi connectivity index (χ0v) is 38.0. The molecule has 0 radical (unpaired) electrons. The van der Waals surface area contributed by atoms with Gasteiger partial charge in [0.25, 0.3) is 0 Å². The number of cyclic esters (lactones) is 1. The minimum absolute atomic E-state index is 0.0213. The molecule has 0 aromatic carbocycles. The number of ketones is 1. The van der Waals surface area contributed by atoms with Crippen LogP contribution in [0.3, 0.4) is 0 Å². The van der Waals surface area contributed by atoms with Crippen molar-refractivity contribution in [2.24, 2.45) is 23.7 Å². The Bertz CT molecular complexity index is 1340. The van der Waals surface area contributed by atoms with Gasteiger partial charge in [0.1, 0.15) is 30.5 Å². The number of hydrogen-bond acceptors (Lipinski definition) is 16. The Hall–Kier alpha value is -1.90. The highest BCUT2D eigenvalue weighted by atomic mass is 16.7. The fourth-order valence-electron chi connectivity index (χ4n) is 8.56. The van der Waals surface area contributed by atoms with Crippen molar-refractivity contribution in [3.8, 4) is 0 Å². The van der Waals surface area contributed by atoms with Gasteiger partial charge in [-0.2, -0.15) is 0 Å². The van der Waals surface area contributed by atoms with Gasteiger partial charge >= 0.3 is 5.97 Å². The second-order valence-electron chi connectivity index (χ2n) is 16.6. The first-order chi connectivity index (χ1) is 28.5. The highest BCUT2D eigenvalue weighted by Crippen LogP contribution is 2.36. The molecule has 17 atom stereocenters. The average Bonchev–Trinajstić information content (AvgIpc) is 3.21. The molecule has 348 valence electrons. The quantitative estimate of drug-likeness (QED) is 0.130. The maximum absolute atomic E-state index is 13.9. The molecule has 0 amide bonds. The number of methoxy groups -OCH3 is 2. The van der Waals surface area contributed by atoms with Gasteiger partial charge in [-0.05, 0) is 73.0 Å². The lowest BCUT2D eigenvalue weighted by atomic mass is 9.79. The molecule has 3 heterocycles. The second kappa shape index (κ2) is 25.4. The highest BCUT2D eigenvalue weighted by Gasteiger charge is 2.48. The van der Waals surface area contributed by atoms with E-state index in [1.165, 1.54) is 20.3 Å². The van der Waals surface area contributed by atoms with Crippen molar-refractivity contribution in [2.45, 2.75) is 174 Å². The monoisotopic (exact) mass is 860 g/mol. The number of aliphatic hydroxyl groups excluding tert-OH is 4. The third kappa shape index (κ3) is 14.1. The van der Waals surface area contributed by atoms with E-state index in [-0.39, 0.29) is 31.7 Å². The summed E-state index contributed by atoms with van der Waals surface area (Å²) in [6.07, 6.45) is -6.03. The number of rotatable bonds is 16. The summed E-state index contributed by atoms with van der Waals surface area (Å²) >= 11 is 0. The van der Waals surface area contributed by atoms with E-state index in [4.69, 9.17) is 42.6 Å². The fourth-order valence-corrected chi connectivity index (χ4v) is 8.56. The lowest BCUT2D eigenvalue weighted by Crippen LogP contribution is -2.63. The van der Waals surface area contributed by atoms with Crippen molar-refractivity contribution >= 4 is 11.8 Å². The number of carbonyl (C=O) groups is 2. The molecule has 0 saturated carbocycles. The van der Waals surface area contributed by atoms with E-state index in [0.717, 1.165) is 5.57 Å². The minimum Gasteiger partial charge on any atom is -0.462 e. The number of carbonyl (C=O) groups excluding carboxylic acids is 2. The van der Waals surface area contributed by atoms with Gasteiger partial charge in [-0.25, -0.2) is 0 Å². The van der Waals surface area contributed by atoms with Crippen LogP contribution in [0.1, 0.15) is 88.0 Å². The molecular weight excluding hydrogens is 782 g/mol. The normalized spacial score (nSPS) is 40.6. The van der Waals surface area contributed by atoms with Crippen LogP contribution < -0.4 is 0 Å². The lowest BCUT2D eigenvalue weighted by Gasteiger charge is -2.47. The maximum Gasteiger partial charge on any atom is 0.308 e. The number of allylic oxidation sites excluding steroid dienone is 3. The maximum atomic E-state index is 13.9. The summed E-state index contributed by atoms with van der Waals surface area (Å²) in [5.41, 5.74) is 0.725. The van der Waals surface area contributed by atoms with Gasteiger partial charge in [-0.1, -0.05) is 45.4 Å². The number of ether oxygens (including phenoxy) is 9. The molecule has 0 bridgehead atoms. The van der Waals surface area contributed by atoms with Crippen molar-refractivity contribution in [3.63, 3.8) is 0 Å². The van der Waals surface area contributed by atoms with Crippen LogP contribution in [-0.2, 0) is 52.2 Å². The van der Waals surface area contributed by atoms with E-state index in [9.17, 15) is 30.0 Å². The summed E-state index contributed by atoms with van der Waals surface area (Å²) in [6.45, 7) is 17.6. The third-order valence-corrected chi connectivity index (χ3v) is 12.3. The van der Waals surface area contributed by atoms with Crippen LogP contribution in [-0.4, -0.2) is 171 Å². The molecule has 2 saturated heterocycles. The Labute approximate surface area is 357 Å². The molecule has 3 aliphatic rings. The Morgan fingerprint density at radius 3 is 2.03 bits per heavy atom. The van der Waals surface area contributed by atoms with Crippen LogP contribution in [0.4, 0.5) is 0 Å². The van der Waals surface area contributed by atoms with E-state index in [1.54, 1.807) is 33.9 Å². The Balaban J connectivity index is 2.05. The summed E-state index contributed by atoms with van der Waals surface area (Å²) in [6, 6.07) is -0.713. The first-order valence-electron chi connectivity index (χ1n) is 21.8. The summed E-state index contributed by atoms with van der Waals surface area (Å²) in [7, 11) is 4.76. The van der Waals surface area contributed by atoms with Crippen LogP contribution in [0.25, 0.3) is 0 Å². The number of nitrogens with zero attached hydrogens (tertiary/aromatic N) is 1. The van der Waals surface area contributed by atoms with Crippen molar-refractivity contribution in [3.05, 3.63) is 23.8 Å². The first-order valence-corrected chi connectivity index (χ1v) is 21.8. The standard InChI is InChI=1S/C44H77NO15/c1-13-33-30(23-56-44-42(53-12)41(52-11)38(50)28(9)58-44)19-24(5)17-18-31(46)25(6)20-29(21-35(54-15-3)55-16-4)40(26(7)32(47)22-34(48)59-33)60-43-39(51)36(45(10)14-2)37(49)27(8)57-43/h17-19,25-30,32-33,35-44,47,49-51H,13-16,20-23H2,1-12H3/b18-17+,24-19+/t25-,26+,27?,28?,29-,30-,32-,33-,36?,37?,38?,39?,40-,41?,42?,43?,44?/m1/s1. The zero-order chi connectivity index (χ0) is 44.8. The molecule has 0 aliphatic carbocycles. The number of hydrogen-bond donors (Lipinski definition) is 4. The van der Waals surface area contributed by atoms with Gasteiger partial charge in [-0.15, -0.1) is 0 Å². The van der Waals surface area contributed by atoms with E-state index < -0.39 is 116 Å². The van der Waals surface area contributed by atoms with E-state index in [2.05, 4.69) is 0 Å². The summed E-state index contributed by atoms with van der Waals surface area (Å²) in [5, 5.41) is 45.3. The smallest absolute Gasteiger partial charge is 0.308 e. The largest absolute Gasteiger partial charge is 0.462 e. The Morgan fingerprint density at radius 2 is 1.45 bits per heavy atom. The minimum atomic E-state index is -1.29. The topological polar surface area (TPSA) is 201 Å². The van der Waals surface area contributed by atoms with Gasteiger partial charge in [0.2, 0.25) is 0 Å². The third-order valence-electron chi connectivity index (χ3n) is 12.3.